The summed E-state index contributed by atoms with van der Waals surface area (Å²) in [5.41, 5.74) is 2.74. The summed E-state index contributed by atoms with van der Waals surface area (Å²) in [4.78, 5) is 29.5. The minimum Gasteiger partial charge on any atom is -0.370 e. The molecule has 0 radical (unpaired) electrons. The van der Waals surface area contributed by atoms with Crippen molar-refractivity contribution in [1.82, 2.24) is 19.9 Å². The number of nitrogens with zero attached hydrogens (tertiary/aromatic N) is 5. The lowest BCUT2D eigenvalue weighted by Crippen LogP contribution is -2.35. The second kappa shape index (κ2) is 7.61. The highest BCUT2D eigenvalue weighted by atomic mass is 32.2. The molecule has 0 aliphatic carbocycles. The average molecular weight is 343 g/mol. The van der Waals surface area contributed by atoms with Gasteiger partial charge in [-0.05, 0) is 31.7 Å². The van der Waals surface area contributed by atoms with Crippen LogP contribution in [0, 0.1) is 6.92 Å². The quantitative estimate of drug-likeness (QED) is 0.629. The molecule has 1 fully saturated rings. The van der Waals surface area contributed by atoms with Gasteiger partial charge in [0.15, 0.2) is 5.16 Å². The lowest BCUT2D eigenvalue weighted by Gasteiger charge is -2.23. The molecule has 0 atom stereocenters. The molecule has 1 saturated heterocycles. The van der Waals surface area contributed by atoms with E-state index in [0.717, 1.165) is 31.7 Å². The fraction of sp³-hybridized carbons (Fsp3) is 0.412. The molecule has 0 N–H and O–H groups in total. The Morgan fingerprint density at radius 2 is 1.92 bits per heavy atom. The molecule has 24 heavy (non-hydrogen) atoms. The van der Waals surface area contributed by atoms with Gasteiger partial charge in [-0.2, -0.15) is 0 Å². The largest absolute Gasteiger partial charge is 0.370 e. The number of hydrogen-bond donors (Lipinski definition) is 0. The number of aryl methyl sites for hydroxylation is 1. The molecule has 0 unspecified atom stereocenters. The fourth-order valence-electron chi connectivity index (χ4n) is 2.82. The van der Waals surface area contributed by atoms with Gasteiger partial charge in [-0.15, -0.1) is 0 Å². The normalized spacial score (nSPS) is 15.2. The van der Waals surface area contributed by atoms with E-state index in [2.05, 4.69) is 25.9 Å². The van der Waals surface area contributed by atoms with Gasteiger partial charge in [0.1, 0.15) is 0 Å². The van der Waals surface area contributed by atoms with E-state index in [1.165, 1.54) is 17.4 Å². The molecule has 6 nitrogen and oxygen atoms in total. The van der Waals surface area contributed by atoms with Crippen LogP contribution in [0.2, 0.25) is 0 Å². The standard InChI is InChI=1S/C17H21N5OS/c1-13-10-15(4-5-18-13)21-6-3-7-22(9-8-21)16(23)14-11-19-17(24-2)20-12-14/h4-5,10-12H,3,6-9H2,1-2H3. The lowest BCUT2D eigenvalue weighted by atomic mass is 10.3. The van der Waals surface area contributed by atoms with Crippen molar-refractivity contribution in [2.24, 2.45) is 0 Å². The number of thioether (sulfide) groups is 1. The first-order valence-corrected chi connectivity index (χ1v) is 9.23. The average Bonchev–Trinajstić information content (AvgIpc) is 2.87. The van der Waals surface area contributed by atoms with Crippen molar-refractivity contribution in [2.75, 3.05) is 37.3 Å². The van der Waals surface area contributed by atoms with Crippen molar-refractivity contribution < 1.29 is 4.79 Å². The van der Waals surface area contributed by atoms with Gasteiger partial charge in [-0.25, -0.2) is 9.97 Å². The number of rotatable bonds is 3. The molecule has 1 aliphatic heterocycles. The van der Waals surface area contributed by atoms with Crippen molar-refractivity contribution in [3.8, 4) is 0 Å². The van der Waals surface area contributed by atoms with E-state index in [1.807, 2.05) is 30.3 Å². The number of amides is 1. The van der Waals surface area contributed by atoms with E-state index in [0.29, 0.717) is 17.3 Å². The summed E-state index contributed by atoms with van der Waals surface area (Å²) in [6.45, 7) is 5.21. The van der Waals surface area contributed by atoms with Gasteiger partial charge < -0.3 is 9.80 Å². The summed E-state index contributed by atoms with van der Waals surface area (Å²) >= 11 is 1.47. The van der Waals surface area contributed by atoms with Gasteiger partial charge in [0, 0.05) is 56.2 Å². The highest BCUT2D eigenvalue weighted by Crippen LogP contribution is 2.17. The Hall–Kier alpha value is -2.15. The molecule has 0 bridgehead atoms. The van der Waals surface area contributed by atoms with E-state index in [-0.39, 0.29) is 5.91 Å². The molecular formula is C17H21N5OS. The first-order valence-electron chi connectivity index (χ1n) is 8.00. The number of carbonyl (C=O) groups excluding carboxylic acids is 1. The van der Waals surface area contributed by atoms with Crippen LogP contribution in [0.4, 0.5) is 5.69 Å². The van der Waals surface area contributed by atoms with E-state index in [1.54, 1.807) is 12.4 Å². The van der Waals surface area contributed by atoms with E-state index in [4.69, 9.17) is 0 Å². The Balaban J connectivity index is 1.67. The van der Waals surface area contributed by atoms with Gasteiger partial charge in [0.2, 0.25) is 0 Å². The first-order chi connectivity index (χ1) is 11.7. The first kappa shape index (κ1) is 16.7. The lowest BCUT2D eigenvalue weighted by molar-refractivity contribution is 0.0766. The van der Waals surface area contributed by atoms with Crippen LogP contribution in [0.5, 0.6) is 0 Å². The minimum absolute atomic E-state index is 0.00964. The Morgan fingerprint density at radius 1 is 1.12 bits per heavy atom. The molecular weight excluding hydrogens is 322 g/mol. The summed E-state index contributed by atoms with van der Waals surface area (Å²) < 4.78 is 0. The Morgan fingerprint density at radius 3 is 2.62 bits per heavy atom. The van der Waals surface area contributed by atoms with Crippen LogP contribution in [0.25, 0.3) is 0 Å². The predicted molar refractivity (Wildman–Crippen MR) is 95.5 cm³/mol. The molecule has 2 aromatic heterocycles. The summed E-state index contributed by atoms with van der Waals surface area (Å²) in [7, 11) is 0. The molecule has 0 saturated carbocycles. The third-order valence-electron chi connectivity index (χ3n) is 4.09. The van der Waals surface area contributed by atoms with Crippen molar-refractivity contribution >= 4 is 23.4 Å². The van der Waals surface area contributed by atoms with Gasteiger partial charge in [0.05, 0.1) is 5.56 Å². The number of pyridine rings is 1. The van der Waals surface area contributed by atoms with Gasteiger partial charge >= 0.3 is 0 Å². The van der Waals surface area contributed by atoms with Crippen LogP contribution in [0.15, 0.2) is 35.9 Å². The minimum atomic E-state index is 0.00964. The third kappa shape index (κ3) is 3.84. The van der Waals surface area contributed by atoms with Gasteiger partial charge in [-0.1, -0.05) is 11.8 Å². The molecule has 1 amide bonds. The molecule has 0 spiro atoms. The van der Waals surface area contributed by atoms with Crippen LogP contribution < -0.4 is 4.90 Å². The molecule has 0 aromatic carbocycles. The maximum atomic E-state index is 12.7. The summed E-state index contributed by atoms with van der Waals surface area (Å²) in [6.07, 6.45) is 7.94. The van der Waals surface area contributed by atoms with Crippen LogP contribution >= 0.6 is 11.8 Å². The third-order valence-corrected chi connectivity index (χ3v) is 4.66. The monoisotopic (exact) mass is 343 g/mol. The number of hydrogen-bond acceptors (Lipinski definition) is 6. The zero-order chi connectivity index (χ0) is 16.9. The topological polar surface area (TPSA) is 62.2 Å². The highest BCUT2D eigenvalue weighted by molar-refractivity contribution is 7.98. The zero-order valence-corrected chi connectivity index (χ0v) is 14.8. The zero-order valence-electron chi connectivity index (χ0n) is 14.0. The van der Waals surface area contributed by atoms with E-state index < -0.39 is 0 Å². The van der Waals surface area contributed by atoms with Crippen LogP contribution in [-0.4, -0.2) is 58.2 Å². The molecule has 1 aliphatic rings. The smallest absolute Gasteiger partial charge is 0.257 e. The maximum Gasteiger partial charge on any atom is 0.257 e. The molecule has 3 rings (SSSR count). The summed E-state index contributed by atoms with van der Waals surface area (Å²) in [5, 5.41) is 0.682. The molecule has 2 aromatic rings. The molecule has 126 valence electrons. The Kier molecular flexibility index (Phi) is 5.30. The fourth-order valence-corrected chi connectivity index (χ4v) is 3.14. The molecule has 3 heterocycles. The van der Waals surface area contributed by atoms with Crippen molar-refractivity contribution in [3.05, 3.63) is 42.0 Å². The van der Waals surface area contributed by atoms with Crippen molar-refractivity contribution in [2.45, 2.75) is 18.5 Å². The van der Waals surface area contributed by atoms with Crippen LogP contribution in [-0.2, 0) is 0 Å². The highest BCUT2D eigenvalue weighted by Gasteiger charge is 2.21. The summed E-state index contributed by atoms with van der Waals surface area (Å²) in [5.74, 6) is 0.00964. The second-order valence-corrected chi connectivity index (χ2v) is 6.52. The van der Waals surface area contributed by atoms with E-state index >= 15 is 0 Å². The second-order valence-electron chi connectivity index (χ2n) is 5.75. The predicted octanol–water partition coefficient (Wildman–Crippen LogP) is 2.25. The van der Waals surface area contributed by atoms with Crippen LogP contribution in [0.3, 0.4) is 0 Å². The Labute approximate surface area is 146 Å². The number of anilines is 1. The van der Waals surface area contributed by atoms with Gasteiger partial charge in [0.25, 0.3) is 5.91 Å². The van der Waals surface area contributed by atoms with Crippen molar-refractivity contribution in [3.63, 3.8) is 0 Å². The summed E-state index contributed by atoms with van der Waals surface area (Å²) in [6, 6.07) is 4.12. The SMILES string of the molecule is CSc1ncc(C(=O)N2CCCN(c3ccnc(C)c3)CC2)cn1. The van der Waals surface area contributed by atoms with Crippen molar-refractivity contribution in [1.29, 1.82) is 0 Å². The Bertz CT molecular complexity index is 706. The van der Waals surface area contributed by atoms with Crippen LogP contribution in [0.1, 0.15) is 22.5 Å². The number of carbonyl (C=O) groups is 1. The number of aromatic nitrogens is 3. The van der Waals surface area contributed by atoms with Gasteiger partial charge in [-0.3, -0.25) is 9.78 Å². The molecule has 7 heteroatoms. The van der Waals surface area contributed by atoms with E-state index in [9.17, 15) is 4.79 Å². The maximum absolute atomic E-state index is 12.7.